The highest BCUT2D eigenvalue weighted by Gasteiger charge is 2.42. The highest BCUT2D eigenvalue weighted by molar-refractivity contribution is 7.89. The molecular formula is C24H22ClF3N6O4S2. The number of alkyl halides is 2. The summed E-state index contributed by atoms with van der Waals surface area (Å²) in [6.45, 7) is -2.75. The number of aliphatic carboxylic acids is 1. The first-order valence-corrected chi connectivity index (χ1v) is 14.9. The number of carboxylic acid groups (broad SMARTS) is 1. The van der Waals surface area contributed by atoms with Crippen LogP contribution in [0.5, 0.6) is 0 Å². The lowest BCUT2D eigenvalue weighted by atomic mass is 9.92. The maximum absolute atomic E-state index is 13.9. The summed E-state index contributed by atoms with van der Waals surface area (Å²) in [4.78, 5) is 21.8. The number of nitrogens with zero attached hydrogens (tertiary/aromatic N) is 5. The van der Waals surface area contributed by atoms with Crippen LogP contribution >= 0.6 is 22.9 Å². The van der Waals surface area contributed by atoms with Crippen molar-refractivity contribution in [2.75, 3.05) is 12.3 Å². The summed E-state index contributed by atoms with van der Waals surface area (Å²) in [6.07, 6.45) is 2.51. The second kappa shape index (κ2) is 11.3. The molecule has 0 unspecified atom stereocenters. The highest BCUT2D eigenvalue weighted by atomic mass is 35.5. The zero-order chi connectivity index (χ0) is 28.6. The van der Waals surface area contributed by atoms with E-state index in [9.17, 15) is 26.4 Å². The molecule has 2 N–H and O–H groups in total. The molecule has 5 rings (SSSR count). The lowest BCUT2D eigenvalue weighted by molar-refractivity contribution is -0.137. The maximum atomic E-state index is 13.9. The van der Waals surface area contributed by atoms with Gasteiger partial charge in [-0.25, -0.2) is 27.2 Å². The SMILES string of the molecule is O=C(O)CCCS(=O)(=O)N[C@H]1CC2=C(c3ccn(C(F)F)n3)[C@H](c3ccc(F)cc3Cl)N=C(c3nccs3)N2C1. The minimum absolute atomic E-state index is 0.0585. The number of carbonyl (C=O) groups is 1. The molecule has 16 heteroatoms. The lowest BCUT2D eigenvalue weighted by Gasteiger charge is -2.32. The van der Waals surface area contributed by atoms with E-state index in [4.69, 9.17) is 21.7 Å². The van der Waals surface area contributed by atoms with Crippen molar-refractivity contribution in [3.05, 3.63) is 74.8 Å². The molecule has 40 heavy (non-hydrogen) atoms. The molecule has 2 aromatic heterocycles. The molecule has 0 saturated carbocycles. The Morgan fingerprint density at radius 1 is 1.30 bits per heavy atom. The van der Waals surface area contributed by atoms with Crippen LogP contribution in [0, 0.1) is 5.82 Å². The number of halogens is 4. The fourth-order valence-corrected chi connectivity index (χ4v) is 6.98. The third kappa shape index (κ3) is 5.92. The Bertz CT molecular complexity index is 1590. The molecule has 1 fully saturated rings. The molecule has 1 saturated heterocycles. The van der Waals surface area contributed by atoms with Crippen molar-refractivity contribution >= 4 is 50.3 Å². The summed E-state index contributed by atoms with van der Waals surface area (Å²) < 4.78 is 69.5. The molecule has 10 nitrogen and oxygen atoms in total. The van der Waals surface area contributed by atoms with Gasteiger partial charge in [-0.05, 0) is 24.6 Å². The first-order valence-electron chi connectivity index (χ1n) is 12.0. The molecule has 3 aromatic rings. The van der Waals surface area contributed by atoms with E-state index in [2.05, 4.69) is 14.8 Å². The van der Waals surface area contributed by atoms with Gasteiger partial charge in [-0.15, -0.1) is 11.3 Å². The van der Waals surface area contributed by atoms with E-state index >= 15 is 0 Å². The highest BCUT2D eigenvalue weighted by Crippen LogP contribution is 2.46. The van der Waals surface area contributed by atoms with E-state index in [1.807, 2.05) is 0 Å². The van der Waals surface area contributed by atoms with Crippen LogP contribution in [-0.4, -0.2) is 63.3 Å². The molecule has 2 atom stereocenters. The van der Waals surface area contributed by atoms with Crippen LogP contribution in [0.4, 0.5) is 13.2 Å². The van der Waals surface area contributed by atoms with Crippen LogP contribution < -0.4 is 4.72 Å². The zero-order valence-electron chi connectivity index (χ0n) is 20.5. The third-order valence-corrected chi connectivity index (χ3v) is 8.99. The second-order valence-corrected chi connectivity index (χ2v) is 12.3. The average Bonchev–Trinajstić information content (AvgIpc) is 3.63. The fraction of sp³-hybridized carbons (Fsp3) is 0.333. The van der Waals surface area contributed by atoms with Gasteiger partial charge >= 0.3 is 12.5 Å². The van der Waals surface area contributed by atoms with E-state index in [1.54, 1.807) is 16.5 Å². The number of aliphatic imine (C=N–C) groups is 1. The number of aromatic nitrogens is 3. The maximum Gasteiger partial charge on any atom is 0.333 e. The molecule has 0 bridgehead atoms. The molecular weight excluding hydrogens is 593 g/mol. The molecule has 212 valence electrons. The molecule has 0 radical (unpaired) electrons. The summed E-state index contributed by atoms with van der Waals surface area (Å²) in [6, 6.07) is 3.68. The summed E-state index contributed by atoms with van der Waals surface area (Å²) in [7, 11) is -3.84. The van der Waals surface area contributed by atoms with Crippen LogP contribution in [-0.2, 0) is 14.8 Å². The van der Waals surface area contributed by atoms with Crippen molar-refractivity contribution in [2.45, 2.75) is 37.9 Å². The zero-order valence-corrected chi connectivity index (χ0v) is 22.9. The smallest absolute Gasteiger partial charge is 0.333 e. The van der Waals surface area contributed by atoms with Crippen molar-refractivity contribution in [1.29, 1.82) is 0 Å². The fourth-order valence-electron chi connectivity index (χ4n) is 4.76. The molecule has 2 aliphatic rings. The van der Waals surface area contributed by atoms with E-state index in [0.717, 1.165) is 12.3 Å². The number of nitrogens with one attached hydrogen (secondary N) is 1. The molecule has 0 amide bonds. The van der Waals surface area contributed by atoms with Gasteiger partial charge in [-0.3, -0.25) is 9.79 Å². The Morgan fingerprint density at radius 3 is 2.75 bits per heavy atom. The lowest BCUT2D eigenvalue weighted by Crippen LogP contribution is -2.40. The van der Waals surface area contributed by atoms with Gasteiger partial charge in [0.1, 0.15) is 11.9 Å². The van der Waals surface area contributed by atoms with Crippen molar-refractivity contribution in [1.82, 2.24) is 24.4 Å². The second-order valence-electron chi connectivity index (χ2n) is 9.12. The van der Waals surface area contributed by atoms with Crippen LogP contribution in [0.3, 0.4) is 0 Å². The standard InChI is InChI=1S/C24H22ClF3N6O4S2/c25-16-10-13(26)3-4-15(16)21-20(17-5-7-34(31-17)24(27)28)18-11-14(32-40(37,38)9-1-2-19(35)36)12-33(18)22(30-21)23-29-6-8-39-23/h3-8,10,14,21,24,32H,1-2,9,11-12H2,(H,35,36)/t14-,21-/m0/s1. The van der Waals surface area contributed by atoms with Gasteiger partial charge in [0, 0.05) is 65.1 Å². The average molecular weight is 615 g/mol. The molecule has 0 aliphatic carbocycles. The number of hydrogen-bond donors (Lipinski definition) is 2. The van der Waals surface area contributed by atoms with Crippen LogP contribution in [0.15, 0.2) is 52.7 Å². The Kier molecular flexibility index (Phi) is 7.99. The van der Waals surface area contributed by atoms with E-state index in [-0.39, 0.29) is 42.3 Å². The van der Waals surface area contributed by atoms with Gasteiger partial charge in [-0.2, -0.15) is 13.9 Å². The van der Waals surface area contributed by atoms with Gasteiger partial charge in [0.25, 0.3) is 0 Å². The predicted molar refractivity (Wildman–Crippen MR) is 142 cm³/mol. The van der Waals surface area contributed by atoms with E-state index < -0.39 is 40.4 Å². The van der Waals surface area contributed by atoms with Crippen molar-refractivity contribution in [3.63, 3.8) is 0 Å². The Hall–Kier alpha value is -3.27. The van der Waals surface area contributed by atoms with Gasteiger partial charge < -0.3 is 10.0 Å². The number of amidine groups is 1. The van der Waals surface area contributed by atoms with Crippen molar-refractivity contribution in [2.24, 2.45) is 4.99 Å². The molecule has 0 spiro atoms. The Balaban J connectivity index is 1.60. The first kappa shape index (κ1) is 28.3. The van der Waals surface area contributed by atoms with E-state index in [0.29, 0.717) is 32.4 Å². The van der Waals surface area contributed by atoms with Gasteiger partial charge in [-0.1, -0.05) is 17.7 Å². The number of sulfonamides is 1. The number of carboxylic acids is 1. The minimum Gasteiger partial charge on any atom is -0.481 e. The number of benzene rings is 1. The number of thiazole rings is 1. The van der Waals surface area contributed by atoms with Crippen molar-refractivity contribution in [3.8, 4) is 0 Å². The van der Waals surface area contributed by atoms with Gasteiger partial charge in [0.05, 0.1) is 11.4 Å². The molecule has 2 aliphatic heterocycles. The number of rotatable bonds is 10. The van der Waals surface area contributed by atoms with Crippen LogP contribution in [0.25, 0.3) is 5.57 Å². The van der Waals surface area contributed by atoms with E-state index in [1.165, 1.54) is 29.5 Å². The number of hydrogen-bond acceptors (Lipinski definition) is 8. The van der Waals surface area contributed by atoms with Gasteiger partial charge in [0.15, 0.2) is 10.8 Å². The number of fused-ring (bicyclic) bond motifs is 1. The normalized spacial score (nSPS) is 19.3. The summed E-state index contributed by atoms with van der Waals surface area (Å²) in [5.41, 5.74) is 1.57. The Morgan fingerprint density at radius 2 is 2.10 bits per heavy atom. The monoisotopic (exact) mass is 614 g/mol. The van der Waals surface area contributed by atoms with Crippen LogP contribution in [0.1, 0.15) is 48.1 Å². The third-order valence-electron chi connectivity index (χ3n) is 6.37. The molecule has 4 heterocycles. The molecule has 1 aromatic carbocycles. The van der Waals surface area contributed by atoms with Gasteiger partial charge in [0.2, 0.25) is 10.0 Å². The Labute approximate surface area is 235 Å². The topological polar surface area (TPSA) is 130 Å². The summed E-state index contributed by atoms with van der Waals surface area (Å²) in [5, 5.41) is 15.3. The first-order chi connectivity index (χ1) is 19.0. The van der Waals surface area contributed by atoms with Crippen molar-refractivity contribution < 1.29 is 31.5 Å². The summed E-state index contributed by atoms with van der Waals surface area (Å²) >= 11 is 7.74. The largest absolute Gasteiger partial charge is 0.481 e. The quantitative estimate of drug-likeness (QED) is 0.348. The summed E-state index contributed by atoms with van der Waals surface area (Å²) in [5.74, 6) is -1.62. The van der Waals surface area contributed by atoms with Crippen LogP contribution in [0.2, 0.25) is 5.02 Å². The minimum atomic E-state index is -3.84. The predicted octanol–water partition coefficient (Wildman–Crippen LogP) is 4.30.